The van der Waals surface area contributed by atoms with Gasteiger partial charge < -0.3 is 0 Å². The van der Waals surface area contributed by atoms with E-state index in [-0.39, 0.29) is 5.69 Å². The van der Waals surface area contributed by atoms with Gasteiger partial charge in [-0.25, -0.2) is 14.6 Å². The summed E-state index contributed by atoms with van der Waals surface area (Å²) in [5.74, 6) is 1.42. The van der Waals surface area contributed by atoms with E-state index in [2.05, 4.69) is 56.9 Å². The van der Waals surface area contributed by atoms with E-state index in [9.17, 15) is 4.79 Å². The topological polar surface area (TPSA) is 94.3 Å². The second-order valence-corrected chi connectivity index (χ2v) is 7.98. The second kappa shape index (κ2) is 10.7. The van der Waals surface area contributed by atoms with Gasteiger partial charge in [-0.15, -0.1) is 5.10 Å². The lowest BCUT2D eigenvalue weighted by atomic mass is 9.98. The average Bonchev–Trinajstić information content (AvgIpc) is 3.48. The molecular weight excluding hydrogens is 414 g/mol. The Labute approximate surface area is 193 Å². The lowest BCUT2D eigenvalue weighted by Gasteiger charge is -2.09. The number of unbranched alkanes of at least 4 members (excludes halogenated alkanes) is 2. The zero-order valence-corrected chi connectivity index (χ0v) is 19.1. The summed E-state index contributed by atoms with van der Waals surface area (Å²) in [4.78, 5) is 13.0. The number of nitrogens with zero attached hydrogens (tertiary/aromatic N) is 6. The minimum Gasteiger partial charge on any atom is -0.274 e. The number of nitrogens with one attached hydrogen (secondary N) is 1. The van der Waals surface area contributed by atoms with E-state index in [1.54, 1.807) is 9.25 Å². The largest absolute Gasteiger partial charge is 0.346 e. The van der Waals surface area contributed by atoms with Crippen LogP contribution in [0.15, 0.2) is 65.5 Å². The summed E-state index contributed by atoms with van der Waals surface area (Å²) >= 11 is 0. The van der Waals surface area contributed by atoms with Gasteiger partial charge in [0.2, 0.25) is 0 Å². The molecule has 0 radical (unpaired) electrons. The number of aromatic nitrogens is 7. The van der Waals surface area contributed by atoms with E-state index in [1.165, 1.54) is 0 Å². The highest BCUT2D eigenvalue weighted by Gasteiger charge is 2.14. The van der Waals surface area contributed by atoms with Crippen molar-refractivity contribution in [2.24, 2.45) is 0 Å². The van der Waals surface area contributed by atoms with Gasteiger partial charge in [0.05, 0.1) is 6.54 Å². The molecule has 2 aromatic carbocycles. The van der Waals surface area contributed by atoms with Gasteiger partial charge >= 0.3 is 5.69 Å². The van der Waals surface area contributed by atoms with E-state index in [1.807, 2.05) is 43.3 Å². The van der Waals surface area contributed by atoms with Crippen LogP contribution in [0.25, 0.3) is 22.5 Å². The van der Waals surface area contributed by atoms with Crippen LogP contribution in [-0.2, 0) is 19.5 Å². The van der Waals surface area contributed by atoms with E-state index >= 15 is 0 Å². The predicted octanol–water partition coefficient (Wildman–Crippen LogP) is 4.25. The Bertz CT molecular complexity index is 1250. The summed E-state index contributed by atoms with van der Waals surface area (Å²) in [7, 11) is 0. The first kappa shape index (κ1) is 22.4. The molecule has 1 N–H and O–H groups in total. The molecule has 2 aromatic heterocycles. The van der Waals surface area contributed by atoms with Crippen molar-refractivity contribution in [1.82, 2.24) is 35.0 Å². The number of rotatable bonds is 10. The molecule has 0 unspecified atom stereocenters. The molecule has 33 heavy (non-hydrogen) atoms. The molecule has 0 atom stereocenters. The molecule has 0 aliphatic heterocycles. The summed E-state index contributed by atoms with van der Waals surface area (Å²) < 4.78 is 3.40. The maximum atomic E-state index is 13.0. The van der Waals surface area contributed by atoms with Crippen LogP contribution in [0.2, 0.25) is 0 Å². The summed E-state index contributed by atoms with van der Waals surface area (Å²) in [5, 5.41) is 18.9. The van der Waals surface area contributed by atoms with Crippen molar-refractivity contribution in [3.8, 4) is 22.5 Å². The standard InChI is InChI=1S/C25H29N7O/c1-3-5-9-17-32-25(33)31(23(28-32)12-6-4-2)18-19-13-15-20(16-14-19)21-10-7-8-11-22(21)24-26-29-30-27-24/h4,6-8,10-11,13-16H,3,5,9,12,17-18H2,1-2H3,(H,26,27,29,30)/b6-4+. The maximum absolute atomic E-state index is 13.0. The Hall–Kier alpha value is -3.81. The lowest BCUT2D eigenvalue weighted by Crippen LogP contribution is -2.26. The fourth-order valence-corrected chi connectivity index (χ4v) is 3.86. The first-order valence-electron chi connectivity index (χ1n) is 11.4. The molecule has 0 saturated heterocycles. The van der Waals surface area contributed by atoms with Crippen molar-refractivity contribution in [3.05, 3.63) is 82.6 Å². The molecule has 8 heteroatoms. The highest BCUT2D eigenvalue weighted by Crippen LogP contribution is 2.29. The quantitative estimate of drug-likeness (QED) is 0.292. The molecule has 0 bridgehead atoms. The molecule has 2 heterocycles. The monoisotopic (exact) mass is 443 g/mol. The van der Waals surface area contributed by atoms with Crippen LogP contribution in [-0.4, -0.2) is 35.0 Å². The highest BCUT2D eigenvalue weighted by molar-refractivity contribution is 5.80. The van der Waals surface area contributed by atoms with Gasteiger partial charge in [-0.1, -0.05) is 80.4 Å². The Kier molecular flexibility index (Phi) is 7.24. The molecule has 170 valence electrons. The third kappa shape index (κ3) is 5.16. The average molecular weight is 444 g/mol. The van der Waals surface area contributed by atoms with Crippen molar-refractivity contribution in [2.75, 3.05) is 0 Å². The molecule has 4 rings (SSSR count). The first-order chi connectivity index (χ1) is 16.2. The molecule has 0 spiro atoms. The lowest BCUT2D eigenvalue weighted by molar-refractivity contribution is 0.530. The smallest absolute Gasteiger partial charge is 0.274 e. The van der Waals surface area contributed by atoms with Crippen LogP contribution in [0.5, 0.6) is 0 Å². The second-order valence-electron chi connectivity index (χ2n) is 7.98. The summed E-state index contributed by atoms with van der Waals surface area (Å²) in [6.07, 6.45) is 7.84. The number of hydrogen-bond acceptors (Lipinski definition) is 5. The maximum Gasteiger partial charge on any atom is 0.346 e. The highest BCUT2D eigenvalue weighted by atomic mass is 16.2. The minimum atomic E-state index is -0.0437. The van der Waals surface area contributed by atoms with E-state index in [0.29, 0.717) is 25.3 Å². The Morgan fingerprint density at radius 2 is 1.82 bits per heavy atom. The van der Waals surface area contributed by atoms with Crippen LogP contribution in [0.3, 0.4) is 0 Å². The number of benzene rings is 2. The van der Waals surface area contributed by atoms with Gasteiger partial charge in [-0.2, -0.15) is 5.10 Å². The van der Waals surface area contributed by atoms with Crippen molar-refractivity contribution >= 4 is 0 Å². The van der Waals surface area contributed by atoms with Crippen molar-refractivity contribution in [3.63, 3.8) is 0 Å². The van der Waals surface area contributed by atoms with Gasteiger partial charge in [0.25, 0.3) is 0 Å². The number of hydrogen-bond donors (Lipinski definition) is 1. The predicted molar refractivity (Wildman–Crippen MR) is 129 cm³/mol. The SMILES string of the molecule is C/C=C/Cc1nn(CCCCC)c(=O)n1Cc1ccc(-c2ccccc2-c2nnn[nH]2)cc1. The van der Waals surface area contributed by atoms with Gasteiger partial charge in [-0.05, 0) is 40.5 Å². The normalized spacial score (nSPS) is 11.5. The number of aromatic amines is 1. The summed E-state index contributed by atoms with van der Waals surface area (Å²) in [6.45, 7) is 5.29. The third-order valence-electron chi connectivity index (χ3n) is 5.64. The van der Waals surface area contributed by atoms with Crippen LogP contribution in [0.1, 0.15) is 44.5 Å². The molecule has 8 nitrogen and oxygen atoms in total. The zero-order valence-electron chi connectivity index (χ0n) is 19.1. The summed E-state index contributed by atoms with van der Waals surface area (Å²) in [6, 6.07) is 16.3. The van der Waals surface area contributed by atoms with E-state index in [0.717, 1.165) is 47.3 Å². The van der Waals surface area contributed by atoms with Crippen LogP contribution in [0.4, 0.5) is 0 Å². The minimum absolute atomic E-state index is 0.0437. The van der Waals surface area contributed by atoms with Gasteiger partial charge in [0.1, 0.15) is 5.82 Å². The molecule has 0 aliphatic rings. The first-order valence-corrected chi connectivity index (χ1v) is 11.4. The Morgan fingerprint density at radius 3 is 2.52 bits per heavy atom. The van der Waals surface area contributed by atoms with Gasteiger partial charge in [0.15, 0.2) is 5.82 Å². The number of tetrazole rings is 1. The van der Waals surface area contributed by atoms with Gasteiger partial charge in [0, 0.05) is 18.5 Å². The summed E-state index contributed by atoms with van der Waals surface area (Å²) in [5.41, 5.74) is 4.04. The van der Waals surface area contributed by atoms with E-state index in [4.69, 9.17) is 0 Å². The molecule has 0 saturated carbocycles. The van der Waals surface area contributed by atoms with Crippen molar-refractivity contribution < 1.29 is 0 Å². The fourth-order valence-electron chi connectivity index (χ4n) is 3.86. The Morgan fingerprint density at radius 1 is 1.03 bits per heavy atom. The molecule has 0 amide bonds. The fraction of sp³-hybridized carbons (Fsp3) is 0.320. The van der Waals surface area contributed by atoms with Crippen molar-refractivity contribution in [2.45, 2.75) is 52.6 Å². The van der Waals surface area contributed by atoms with Crippen LogP contribution >= 0.6 is 0 Å². The molecule has 4 aromatic rings. The molecule has 0 fully saturated rings. The van der Waals surface area contributed by atoms with Crippen LogP contribution < -0.4 is 5.69 Å². The Balaban J connectivity index is 1.59. The number of allylic oxidation sites excluding steroid dienone is 2. The molecule has 0 aliphatic carbocycles. The number of aryl methyl sites for hydroxylation is 1. The number of H-pyrrole nitrogens is 1. The van der Waals surface area contributed by atoms with E-state index < -0.39 is 0 Å². The zero-order chi connectivity index (χ0) is 23.0. The third-order valence-corrected chi connectivity index (χ3v) is 5.64. The van der Waals surface area contributed by atoms with Crippen LogP contribution in [0, 0.1) is 0 Å². The van der Waals surface area contributed by atoms with Gasteiger partial charge in [-0.3, -0.25) is 4.57 Å². The molecular formula is C25H29N7O. The van der Waals surface area contributed by atoms with Crippen molar-refractivity contribution in [1.29, 1.82) is 0 Å².